The van der Waals surface area contributed by atoms with E-state index in [9.17, 15) is 4.79 Å². The monoisotopic (exact) mass is 325 g/mol. The Kier molecular flexibility index (Phi) is 4.63. The molecular formula is C17H15N3O2S. The van der Waals surface area contributed by atoms with Crippen LogP contribution in [0.25, 0.3) is 0 Å². The highest BCUT2D eigenvalue weighted by Gasteiger charge is 2.11. The van der Waals surface area contributed by atoms with E-state index in [4.69, 9.17) is 4.74 Å². The van der Waals surface area contributed by atoms with Gasteiger partial charge in [-0.15, -0.1) is 11.3 Å². The van der Waals surface area contributed by atoms with Crippen LogP contribution in [0.2, 0.25) is 0 Å². The number of aromatic nitrogens is 2. The second kappa shape index (κ2) is 7.02. The number of amides is 1. The van der Waals surface area contributed by atoms with Crippen LogP contribution in [0.1, 0.15) is 21.1 Å². The molecule has 0 atom stereocenters. The molecule has 3 aromatic rings. The second-order valence-electron chi connectivity index (χ2n) is 4.92. The summed E-state index contributed by atoms with van der Waals surface area (Å²) in [5.74, 6) is 0.544. The first-order valence-electron chi connectivity index (χ1n) is 7.06. The predicted molar refractivity (Wildman–Crippen MR) is 89.8 cm³/mol. The van der Waals surface area contributed by atoms with Gasteiger partial charge in [0.15, 0.2) is 0 Å². The maximum absolute atomic E-state index is 12.1. The SMILES string of the molecule is Cc1ccc(OCc2nc(C(=O)Nc3ccncc3)cs2)cc1. The van der Waals surface area contributed by atoms with Crippen molar-refractivity contribution in [2.45, 2.75) is 13.5 Å². The molecule has 116 valence electrons. The summed E-state index contributed by atoms with van der Waals surface area (Å²) in [4.78, 5) is 20.3. The third kappa shape index (κ3) is 4.14. The molecule has 1 N–H and O–H groups in total. The Bertz CT molecular complexity index is 785. The Morgan fingerprint density at radius 3 is 2.65 bits per heavy atom. The van der Waals surface area contributed by atoms with Crippen LogP contribution in [-0.2, 0) is 6.61 Å². The van der Waals surface area contributed by atoms with Crippen molar-refractivity contribution in [3.05, 3.63) is 70.4 Å². The van der Waals surface area contributed by atoms with Crippen LogP contribution in [0.4, 0.5) is 5.69 Å². The number of pyridine rings is 1. The van der Waals surface area contributed by atoms with E-state index in [-0.39, 0.29) is 5.91 Å². The normalized spacial score (nSPS) is 10.3. The minimum atomic E-state index is -0.242. The lowest BCUT2D eigenvalue weighted by Crippen LogP contribution is -2.12. The van der Waals surface area contributed by atoms with E-state index in [1.165, 1.54) is 16.9 Å². The molecule has 0 aliphatic rings. The molecule has 6 heteroatoms. The number of benzene rings is 1. The molecule has 1 amide bonds. The summed E-state index contributed by atoms with van der Waals surface area (Å²) in [6, 6.07) is 11.3. The molecule has 0 spiro atoms. The molecule has 0 bridgehead atoms. The van der Waals surface area contributed by atoms with Gasteiger partial charge in [0.05, 0.1) is 0 Å². The Morgan fingerprint density at radius 2 is 1.91 bits per heavy atom. The fraction of sp³-hybridized carbons (Fsp3) is 0.118. The number of ether oxygens (including phenoxy) is 1. The lowest BCUT2D eigenvalue weighted by molar-refractivity contribution is 0.102. The minimum absolute atomic E-state index is 0.242. The van der Waals surface area contributed by atoms with Crippen molar-refractivity contribution in [1.29, 1.82) is 0 Å². The number of carbonyl (C=O) groups is 1. The van der Waals surface area contributed by atoms with E-state index in [1.807, 2.05) is 31.2 Å². The third-order valence-corrected chi connectivity index (χ3v) is 3.93. The molecule has 0 aliphatic carbocycles. The van der Waals surface area contributed by atoms with Crippen LogP contribution in [-0.4, -0.2) is 15.9 Å². The van der Waals surface area contributed by atoms with E-state index in [1.54, 1.807) is 29.9 Å². The first-order chi connectivity index (χ1) is 11.2. The molecule has 2 aromatic heterocycles. The van der Waals surface area contributed by atoms with Gasteiger partial charge in [-0.3, -0.25) is 9.78 Å². The van der Waals surface area contributed by atoms with E-state index in [0.29, 0.717) is 18.0 Å². The first-order valence-corrected chi connectivity index (χ1v) is 7.94. The maximum atomic E-state index is 12.1. The lowest BCUT2D eigenvalue weighted by atomic mass is 10.2. The molecule has 1 aromatic carbocycles. The zero-order valence-electron chi connectivity index (χ0n) is 12.5. The standard InChI is InChI=1S/C17H15N3O2S/c1-12-2-4-14(5-3-12)22-10-16-20-15(11-23-16)17(21)19-13-6-8-18-9-7-13/h2-9,11H,10H2,1H3,(H,18,19,21). The molecular weight excluding hydrogens is 310 g/mol. The van der Waals surface area contributed by atoms with Crippen LogP contribution in [0.5, 0.6) is 5.75 Å². The molecule has 0 aliphatic heterocycles. The quantitative estimate of drug-likeness (QED) is 0.777. The number of aryl methyl sites for hydroxylation is 1. The van der Waals surface area contributed by atoms with Crippen LogP contribution in [0.3, 0.4) is 0 Å². The third-order valence-electron chi connectivity index (χ3n) is 3.11. The van der Waals surface area contributed by atoms with E-state index in [0.717, 1.165) is 10.8 Å². The zero-order valence-corrected chi connectivity index (χ0v) is 13.3. The second-order valence-corrected chi connectivity index (χ2v) is 5.86. The van der Waals surface area contributed by atoms with Gasteiger partial charge in [-0.2, -0.15) is 0 Å². The molecule has 3 rings (SSSR count). The van der Waals surface area contributed by atoms with Gasteiger partial charge in [-0.1, -0.05) is 17.7 Å². The van der Waals surface area contributed by atoms with Crippen molar-refractivity contribution in [2.75, 3.05) is 5.32 Å². The van der Waals surface area contributed by atoms with Crippen molar-refractivity contribution in [3.8, 4) is 5.75 Å². The highest BCUT2D eigenvalue weighted by atomic mass is 32.1. The Hall–Kier alpha value is -2.73. The largest absolute Gasteiger partial charge is 0.486 e. The van der Waals surface area contributed by atoms with Crippen LogP contribution < -0.4 is 10.1 Å². The van der Waals surface area contributed by atoms with Crippen LogP contribution >= 0.6 is 11.3 Å². The fourth-order valence-corrected chi connectivity index (χ4v) is 2.58. The number of hydrogen-bond acceptors (Lipinski definition) is 5. The summed E-state index contributed by atoms with van der Waals surface area (Å²) in [6.45, 7) is 2.37. The van der Waals surface area contributed by atoms with Gasteiger partial charge in [-0.05, 0) is 31.2 Å². The molecule has 0 unspecified atom stereocenters. The summed E-state index contributed by atoms with van der Waals surface area (Å²) in [5.41, 5.74) is 2.26. The summed E-state index contributed by atoms with van der Waals surface area (Å²) in [6.07, 6.45) is 3.25. The maximum Gasteiger partial charge on any atom is 0.275 e. The molecule has 0 radical (unpaired) electrons. The topological polar surface area (TPSA) is 64.1 Å². The lowest BCUT2D eigenvalue weighted by Gasteiger charge is -2.04. The fourth-order valence-electron chi connectivity index (χ4n) is 1.89. The van der Waals surface area contributed by atoms with Gasteiger partial charge in [0.2, 0.25) is 0 Å². The van der Waals surface area contributed by atoms with Gasteiger partial charge in [0.25, 0.3) is 5.91 Å². The van der Waals surface area contributed by atoms with Crippen molar-refractivity contribution in [3.63, 3.8) is 0 Å². The Morgan fingerprint density at radius 1 is 1.17 bits per heavy atom. The van der Waals surface area contributed by atoms with E-state index >= 15 is 0 Å². The van der Waals surface area contributed by atoms with Gasteiger partial charge < -0.3 is 10.1 Å². The number of carbonyl (C=O) groups excluding carboxylic acids is 1. The molecule has 23 heavy (non-hydrogen) atoms. The van der Waals surface area contributed by atoms with Crippen molar-refractivity contribution < 1.29 is 9.53 Å². The molecule has 0 saturated heterocycles. The van der Waals surface area contributed by atoms with Gasteiger partial charge in [-0.25, -0.2) is 4.98 Å². The van der Waals surface area contributed by atoms with Crippen LogP contribution in [0, 0.1) is 6.92 Å². The van der Waals surface area contributed by atoms with Gasteiger partial charge in [0.1, 0.15) is 23.1 Å². The smallest absolute Gasteiger partial charge is 0.275 e. The molecule has 0 saturated carbocycles. The van der Waals surface area contributed by atoms with Gasteiger partial charge >= 0.3 is 0 Å². The highest BCUT2D eigenvalue weighted by molar-refractivity contribution is 7.09. The average Bonchev–Trinajstić information content (AvgIpc) is 3.04. The van der Waals surface area contributed by atoms with E-state index in [2.05, 4.69) is 15.3 Å². The number of hydrogen-bond donors (Lipinski definition) is 1. The van der Waals surface area contributed by atoms with Gasteiger partial charge in [0, 0.05) is 23.5 Å². The van der Waals surface area contributed by atoms with Crippen molar-refractivity contribution in [2.24, 2.45) is 0 Å². The number of nitrogens with one attached hydrogen (secondary N) is 1. The number of thiazole rings is 1. The Balaban J connectivity index is 1.59. The number of anilines is 1. The summed E-state index contributed by atoms with van der Waals surface area (Å²) >= 11 is 1.40. The highest BCUT2D eigenvalue weighted by Crippen LogP contribution is 2.17. The van der Waals surface area contributed by atoms with Crippen molar-refractivity contribution >= 4 is 22.9 Å². The number of rotatable bonds is 5. The van der Waals surface area contributed by atoms with Crippen molar-refractivity contribution in [1.82, 2.24) is 9.97 Å². The van der Waals surface area contributed by atoms with Crippen LogP contribution in [0.15, 0.2) is 54.2 Å². The van der Waals surface area contributed by atoms with E-state index < -0.39 is 0 Å². The summed E-state index contributed by atoms with van der Waals surface area (Å²) < 4.78 is 5.67. The molecule has 5 nitrogen and oxygen atoms in total. The molecule has 2 heterocycles. The summed E-state index contributed by atoms with van der Waals surface area (Å²) in [7, 11) is 0. The zero-order chi connectivity index (χ0) is 16.1. The minimum Gasteiger partial charge on any atom is -0.486 e. The first kappa shape index (κ1) is 15.2. The number of nitrogens with zero attached hydrogens (tertiary/aromatic N) is 2. The molecule has 0 fully saturated rings. The predicted octanol–water partition coefficient (Wildman–Crippen LogP) is 3.68. The Labute approximate surface area is 138 Å². The summed E-state index contributed by atoms with van der Waals surface area (Å²) in [5, 5.41) is 5.26. The average molecular weight is 325 g/mol.